The quantitative estimate of drug-likeness (QED) is 0.859. The van der Waals surface area contributed by atoms with Crippen molar-refractivity contribution < 1.29 is 9.84 Å². The van der Waals surface area contributed by atoms with Crippen LogP contribution in [-0.4, -0.2) is 39.7 Å². The number of ether oxygens (including phenoxy) is 1. The van der Waals surface area contributed by atoms with E-state index in [1.807, 2.05) is 11.6 Å². The van der Waals surface area contributed by atoms with Crippen molar-refractivity contribution in [2.75, 3.05) is 6.61 Å². The molecule has 0 aliphatic carbocycles. The van der Waals surface area contributed by atoms with Gasteiger partial charge in [-0.3, -0.25) is 4.68 Å². The maximum absolute atomic E-state index is 9.05. The summed E-state index contributed by atoms with van der Waals surface area (Å²) in [7, 11) is 0. The Morgan fingerprint density at radius 1 is 1.30 bits per heavy atom. The SMILES string of the molecule is Cc1nn(CCO)c(C)c1CNC1CC(C)OC(C)C1. The van der Waals surface area contributed by atoms with Gasteiger partial charge >= 0.3 is 0 Å². The van der Waals surface area contributed by atoms with E-state index >= 15 is 0 Å². The lowest BCUT2D eigenvalue weighted by atomic mass is 9.99. The van der Waals surface area contributed by atoms with Gasteiger partial charge in [0.25, 0.3) is 0 Å². The van der Waals surface area contributed by atoms with Crippen molar-refractivity contribution in [1.29, 1.82) is 0 Å². The van der Waals surface area contributed by atoms with E-state index in [0.717, 1.165) is 30.8 Å². The standard InChI is InChI=1S/C15H27N3O2/c1-10-7-14(8-11(2)20-10)16-9-15-12(3)17-18(5-6-19)13(15)4/h10-11,14,16,19H,5-9H2,1-4H3. The van der Waals surface area contributed by atoms with Crippen LogP contribution in [0.5, 0.6) is 0 Å². The molecule has 0 bridgehead atoms. The summed E-state index contributed by atoms with van der Waals surface area (Å²) in [6.45, 7) is 9.92. The van der Waals surface area contributed by atoms with Crippen molar-refractivity contribution in [2.24, 2.45) is 0 Å². The molecule has 20 heavy (non-hydrogen) atoms. The molecule has 1 aromatic rings. The van der Waals surface area contributed by atoms with Crippen molar-refractivity contribution in [3.8, 4) is 0 Å². The molecule has 2 rings (SSSR count). The highest BCUT2D eigenvalue weighted by Gasteiger charge is 2.24. The van der Waals surface area contributed by atoms with E-state index in [9.17, 15) is 0 Å². The van der Waals surface area contributed by atoms with Gasteiger partial charge in [0.15, 0.2) is 0 Å². The number of aliphatic hydroxyl groups is 1. The first-order valence-corrected chi connectivity index (χ1v) is 7.53. The lowest BCUT2D eigenvalue weighted by Gasteiger charge is -2.32. The second-order valence-electron chi connectivity index (χ2n) is 5.90. The molecule has 2 heterocycles. The van der Waals surface area contributed by atoms with E-state index in [0.29, 0.717) is 24.8 Å². The van der Waals surface area contributed by atoms with Gasteiger partial charge in [0.2, 0.25) is 0 Å². The Morgan fingerprint density at radius 2 is 1.95 bits per heavy atom. The van der Waals surface area contributed by atoms with E-state index in [-0.39, 0.29) is 6.61 Å². The Morgan fingerprint density at radius 3 is 2.55 bits per heavy atom. The molecule has 0 amide bonds. The van der Waals surface area contributed by atoms with Crippen LogP contribution in [0, 0.1) is 13.8 Å². The lowest BCUT2D eigenvalue weighted by Crippen LogP contribution is -2.41. The predicted molar refractivity (Wildman–Crippen MR) is 78.7 cm³/mol. The topological polar surface area (TPSA) is 59.3 Å². The highest BCUT2D eigenvalue weighted by atomic mass is 16.5. The van der Waals surface area contributed by atoms with Crippen LogP contribution in [0.4, 0.5) is 0 Å². The molecule has 5 heteroatoms. The van der Waals surface area contributed by atoms with Gasteiger partial charge in [-0.2, -0.15) is 5.10 Å². The van der Waals surface area contributed by atoms with Gasteiger partial charge in [-0.15, -0.1) is 0 Å². The van der Waals surface area contributed by atoms with E-state index < -0.39 is 0 Å². The molecule has 1 fully saturated rings. The molecule has 1 aliphatic rings. The average Bonchev–Trinajstić information content (AvgIpc) is 2.62. The van der Waals surface area contributed by atoms with E-state index in [2.05, 4.69) is 31.2 Å². The van der Waals surface area contributed by atoms with Gasteiger partial charge in [0.05, 0.1) is 31.1 Å². The monoisotopic (exact) mass is 281 g/mol. The van der Waals surface area contributed by atoms with Gasteiger partial charge in [-0.1, -0.05) is 0 Å². The smallest absolute Gasteiger partial charge is 0.0644 e. The molecule has 0 saturated carbocycles. The molecule has 1 aliphatic heterocycles. The number of rotatable bonds is 5. The zero-order chi connectivity index (χ0) is 14.7. The Balaban J connectivity index is 1.96. The summed E-state index contributed by atoms with van der Waals surface area (Å²) in [5.41, 5.74) is 3.46. The number of nitrogens with zero attached hydrogens (tertiary/aromatic N) is 2. The van der Waals surface area contributed by atoms with Gasteiger partial charge in [0.1, 0.15) is 0 Å². The van der Waals surface area contributed by atoms with E-state index in [1.165, 1.54) is 5.56 Å². The van der Waals surface area contributed by atoms with Crippen molar-refractivity contribution in [1.82, 2.24) is 15.1 Å². The van der Waals surface area contributed by atoms with Crippen LogP contribution in [-0.2, 0) is 17.8 Å². The number of aliphatic hydroxyl groups excluding tert-OH is 1. The van der Waals surface area contributed by atoms with Crippen LogP contribution in [0.15, 0.2) is 0 Å². The Hall–Kier alpha value is -0.910. The molecule has 2 unspecified atom stereocenters. The molecule has 0 aromatic carbocycles. The molecule has 1 aromatic heterocycles. The number of nitrogens with one attached hydrogen (secondary N) is 1. The fourth-order valence-electron chi connectivity index (χ4n) is 3.12. The van der Waals surface area contributed by atoms with E-state index in [4.69, 9.17) is 9.84 Å². The number of hydrogen-bond acceptors (Lipinski definition) is 4. The van der Waals surface area contributed by atoms with E-state index in [1.54, 1.807) is 0 Å². The lowest BCUT2D eigenvalue weighted by molar-refractivity contribution is -0.0423. The van der Waals surface area contributed by atoms with Crippen LogP contribution >= 0.6 is 0 Å². The number of aryl methyl sites for hydroxylation is 1. The molecule has 0 radical (unpaired) electrons. The summed E-state index contributed by atoms with van der Waals surface area (Å²) in [6, 6.07) is 0.508. The van der Waals surface area contributed by atoms with Gasteiger partial charge in [-0.05, 0) is 40.5 Å². The fourth-order valence-corrected chi connectivity index (χ4v) is 3.12. The first kappa shape index (κ1) is 15.5. The van der Waals surface area contributed by atoms with Crippen LogP contribution in [0.2, 0.25) is 0 Å². The molecule has 5 nitrogen and oxygen atoms in total. The van der Waals surface area contributed by atoms with Crippen molar-refractivity contribution in [3.63, 3.8) is 0 Å². The summed E-state index contributed by atoms with van der Waals surface area (Å²) in [5.74, 6) is 0. The van der Waals surface area contributed by atoms with Gasteiger partial charge in [0, 0.05) is 23.8 Å². The third kappa shape index (κ3) is 3.59. The summed E-state index contributed by atoms with van der Waals surface area (Å²) in [6.07, 6.45) is 2.78. The normalized spacial score (nSPS) is 26.9. The second kappa shape index (κ2) is 6.70. The summed E-state index contributed by atoms with van der Waals surface area (Å²) < 4.78 is 7.66. The zero-order valence-corrected chi connectivity index (χ0v) is 13.0. The minimum atomic E-state index is 0.129. The van der Waals surface area contributed by atoms with Crippen LogP contribution < -0.4 is 5.32 Å². The fraction of sp³-hybridized carbons (Fsp3) is 0.800. The third-order valence-corrected chi connectivity index (χ3v) is 4.11. The molecule has 2 atom stereocenters. The zero-order valence-electron chi connectivity index (χ0n) is 13.0. The molecule has 2 N–H and O–H groups in total. The predicted octanol–water partition coefficient (Wildman–Crippen LogP) is 1.54. The molecule has 0 spiro atoms. The minimum absolute atomic E-state index is 0.129. The van der Waals surface area contributed by atoms with Crippen molar-refractivity contribution in [3.05, 3.63) is 17.0 Å². The highest BCUT2D eigenvalue weighted by Crippen LogP contribution is 2.20. The molecule has 1 saturated heterocycles. The summed E-state index contributed by atoms with van der Waals surface area (Å²) in [4.78, 5) is 0. The Kier molecular flexibility index (Phi) is 5.18. The van der Waals surface area contributed by atoms with Crippen LogP contribution in [0.1, 0.15) is 43.6 Å². The summed E-state index contributed by atoms with van der Waals surface area (Å²) >= 11 is 0. The Bertz CT molecular complexity index is 435. The summed E-state index contributed by atoms with van der Waals surface area (Å²) in [5, 5.41) is 17.2. The maximum atomic E-state index is 9.05. The minimum Gasteiger partial charge on any atom is -0.394 e. The highest BCUT2D eigenvalue weighted by molar-refractivity contribution is 5.24. The largest absolute Gasteiger partial charge is 0.394 e. The molecular weight excluding hydrogens is 254 g/mol. The van der Waals surface area contributed by atoms with Crippen molar-refractivity contribution in [2.45, 2.75) is 71.9 Å². The van der Waals surface area contributed by atoms with Gasteiger partial charge < -0.3 is 15.2 Å². The second-order valence-corrected chi connectivity index (χ2v) is 5.90. The number of aromatic nitrogens is 2. The molecular formula is C15H27N3O2. The first-order chi connectivity index (χ1) is 9.51. The first-order valence-electron chi connectivity index (χ1n) is 7.53. The average molecular weight is 281 g/mol. The van der Waals surface area contributed by atoms with Crippen LogP contribution in [0.3, 0.4) is 0 Å². The number of hydrogen-bond donors (Lipinski definition) is 2. The van der Waals surface area contributed by atoms with Crippen LogP contribution in [0.25, 0.3) is 0 Å². The Labute approximate surface area is 121 Å². The van der Waals surface area contributed by atoms with Gasteiger partial charge in [-0.25, -0.2) is 0 Å². The van der Waals surface area contributed by atoms with Crippen molar-refractivity contribution >= 4 is 0 Å². The molecule has 114 valence electrons. The third-order valence-electron chi connectivity index (χ3n) is 4.11. The maximum Gasteiger partial charge on any atom is 0.0644 e.